The number of benzene rings is 2. The number of amides is 2. The van der Waals surface area contributed by atoms with E-state index in [0.29, 0.717) is 11.4 Å². The van der Waals surface area contributed by atoms with Crippen LogP contribution >= 0.6 is 0 Å². The molecule has 2 N–H and O–H groups in total. The Kier molecular flexibility index (Phi) is 6.03. The molecule has 138 valence electrons. The van der Waals surface area contributed by atoms with Gasteiger partial charge < -0.3 is 15.4 Å². The zero-order valence-electron chi connectivity index (χ0n) is 16.0. The Balaban J connectivity index is 2.19. The molecule has 0 saturated heterocycles. The van der Waals surface area contributed by atoms with Crippen molar-refractivity contribution >= 4 is 23.2 Å². The molecule has 2 aromatic carbocycles. The molecule has 0 radical (unpaired) electrons. The highest BCUT2D eigenvalue weighted by Gasteiger charge is 2.36. The Morgan fingerprint density at radius 2 is 1.62 bits per heavy atom. The first kappa shape index (κ1) is 19.5. The van der Waals surface area contributed by atoms with Gasteiger partial charge in [-0.1, -0.05) is 31.2 Å². The summed E-state index contributed by atoms with van der Waals surface area (Å²) in [5.41, 5.74) is 2.04. The maximum absolute atomic E-state index is 12.8. The van der Waals surface area contributed by atoms with Gasteiger partial charge in [0, 0.05) is 5.69 Å². The molecule has 0 aliphatic rings. The van der Waals surface area contributed by atoms with Crippen molar-refractivity contribution in [3.63, 3.8) is 0 Å². The summed E-state index contributed by atoms with van der Waals surface area (Å²) in [6.45, 7) is 7.16. The fourth-order valence-corrected chi connectivity index (χ4v) is 2.53. The molecule has 0 heterocycles. The highest BCUT2D eigenvalue weighted by molar-refractivity contribution is 6.14. The van der Waals surface area contributed by atoms with E-state index in [1.54, 1.807) is 27.0 Å². The number of hydrogen-bond donors (Lipinski definition) is 2. The van der Waals surface area contributed by atoms with E-state index in [-0.39, 0.29) is 5.91 Å². The maximum Gasteiger partial charge on any atom is 0.239 e. The molecule has 2 aromatic rings. The van der Waals surface area contributed by atoms with Crippen LogP contribution in [0.4, 0.5) is 11.4 Å². The van der Waals surface area contributed by atoms with Crippen molar-refractivity contribution in [2.45, 2.75) is 34.1 Å². The van der Waals surface area contributed by atoms with E-state index < -0.39 is 11.3 Å². The van der Waals surface area contributed by atoms with Gasteiger partial charge in [-0.05, 0) is 56.5 Å². The van der Waals surface area contributed by atoms with Crippen molar-refractivity contribution < 1.29 is 14.3 Å². The van der Waals surface area contributed by atoms with Crippen LogP contribution in [0.5, 0.6) is 5.75 Å². The van der Waals surface area contributed by atoms with Gasteiger partial charge in [0.15, 0.2) is 0 Å². The average Bonchev–Trinajstić information content (AvgIpc) is 2.62. The zero-order chi connectivity index (χ0) is 19.3. The van der Waals surface area contributed by atoms with Gasteiger partial charge in [-0.3, -0.25) is 9.59 Å². The summed E-state index contributed by atoms with van der Waals surface area (Å²) in [6, 6.07) is 13.1. The van der Waals surface area contributed by atoms with Gasteiger partial charge in [-0.2, -0.15) is 0 Å². The van der Waals surface area contributed by atoms with E-state index in [0.717, 1.165) is 23.2 Å². The van der Waals surface area contributed by atoms with E-state index in [9.17, 15) is 9.59 Å². The van der Waals surface area contributed by atoms with Crippen molar-refractivity contribution in [2.24, 2.45) is 5.41 Å². The summed E-state index contributed by atoms with van der Waals surface area (Å²) < 4.78 is 5.29. The predicted molar refractivity (Wildman–Crippen MR) is 105 cm³/mol. The van der Waals surface area contributed by atoms with Crippen molar-refractivity contribution in [2.75, 3.05) is 17.7 Å². The van der Waals surface area contributed by atoms with Crippen molar-refractivity contribution in [1.82, 2.24) is 0 Å². The summed E-state index contributed by atoms with van der Waals surface area (Å²) in [5, 5.41) is 5.69. The van der Waals surface area contributed by atoms with Gasteiger partial charge in [-0.15, -0.1) is 0 Å². The molecule has 0 aliphatic carbocycles. The van der Waals surface area contributed by atoms with Crippen LogP contribution in [0.3, 0.4) is 0 Å². The molecule has 5 nitrogen and oxygen atoms in total. The van der Waals surface area contributed by atoms with Gasteiger partial charge in [0.1, 0.15) is 11.2 Å². The Labute approximate surface area is 154 Å². The molecule has 0 fully saturated rings. The van der Waals surface area contributed by atoms with Crippen LogP contribution < -0.4 is 15.4 Å². The number of ether oxygens (including phenoxy) is 1. The molecule has 0 unspecified atom stereocenters. The number of anilines is 2. The quantitative estimate of drug-likeness (QED) is 0.765. The molecule has 5 heteroatoms. The topological polar surface area (TPSA) is 67.4 Å². The second kappa shape index (κ2) is 8.04. The fourth-order valence-electron chi connectivity index (χ4n) is 2.53. The lowest BCUT2D eigenvalue weighted by Gasteiger charge is -2.24. The minimum Gasteiger partial charge on any atom is -0.495 e. The monoisotopic (exact) mass is 354 g/mol. The predicted octanol–water partition coefficient (Wildman–Crippen LogP) is 4.17. The largest absolute Gasteiger partial charge is 0.495 e. The molecular weight excluding hydrogens is 328 g/mol. The summed E-state index contributed by atoms with van der Waals surface area (Å²) in [7, 11) is 1.54. The van der Waals surface area contributed by atoms with E-state index in [2.05, 4.69) is 10.6 Å². The number of methoxy groups -OCH3 is 1. The Bertz CT molecular complexity index is 813. The lowest BCUT2D eigenvalue weighted by Crippen LogP contribution is -2.41. The number of para-hydroxylation sites is 1. The fraction of sp³-hybridized carbons (Fsp3) is 0.333. The number of carbonyl (C=O) groups excluding carboxylic acids is 2. The van der Waals surface area contributed by atoms with Gasteiger partial charge in [0.25, 0.3) is 0 Å². The van der Waals surface area contributed by atoms with Crippen LogP contribution in [0, 0.1) is 12.3 Å². The summed E-state index contributed by atoms with van der Waals surface area (Å²) in [6.07, 6.45) is 0.795. The first-order valence-corrected chi connectivity index (χ1v) is 8.65. The van der Waals surface area contributed by atoms with Crippen molar-refractivity contribution in [3.8, 4) is 5.75 Å². The Hall–Kier alpha value is -2.82. The van der Waals surface area contributed by atoms with Crippen LogP contribution in [-0.2, 0) is 16.0 Å². The zero-order valence-corrected chi connectivity index (χ0v) is 16.0. The van der Waals surface area contributed by atoms with E-state index >= 15 is 0 Å². The van der Waals surface area contributed by atoms with Crippen LogP contribution in [0.1, 0.15) is 31.9 Å². The molecule has 0 saturated carbocycles. The molecule has 0 spiro atoms. The molecule has 0 atom stereocenters. The second-order valence-corrected chi connectivity index (χ2v) is 6.75. The van der Waals surface area contributed by atoms with E-state index in [1.165, 1.54) is 0 Å². The van der Waals surface area contributed by atoms with Gasteiger partial charge in [-0.25, -0.2) is 0 Å². The summed E-state index contributed by atoms with van der Waals surface area (Å²) >= 11 is 0. The lowest BCUT2D eigenvalue weighted by atomic mass is 9.90. The number of hydrogen-bond acceptors (Lipinski definition) is 3. The van der Waals surface area contributed by atoms with E-state index in [1.807, 2.05) is 50.2 Å². The highest BCUT2D eigenvalue weighted by Crippen LogP contribution is 2.28. The summed E-state index contributed by atoms with van der Waals surface area (Å²) in [4.78, 5) is 25.5. The number of nitrogens with one attached hydrogen (secondary N) is 2. The Morgan fingerprint density at radius 1 is 1.00 bits per heavy atom. The average molecular weight is 354 g/mol. The molecule has 2 amide bonds. The lowest BCUT2D eigenvalue weighted by molar-refractivity contribution is -0.135. The SMILES string of the molecule is CCc1ccccc1NC(=O)C(C)(C)C(=O)Nc1cc(C)ccc1OC. The molecule has 0 bridgehead atoms. The first-order valence-electron chi connectivity index (χ1n) is 8.65. The smallest absolute Gasteiger partial charge is 0.239 e. The van der Waals surface area contributed by atoms with Crippen molar-refractivity contribution in [1.29, 1.82) is 0 Å². The van der Waals surface area contributed by atoms with E-state index in [4.69, 9.17) is 4.74 Å². The third-order valence-corrected chi connectivity index (χ3v) is 4.38. The summed E-state index contributed by atoms with van der Waals surface area (Å²) in [5.74, 6) is -0.202. The number of carbonyl (C=O) groups is 2. The number of rotatable bonds is 6. The molecular formula is C21H26N2O3. The maximum atomic E-state index is 12.8. The van der Waals surface area contributed by atoms with Gasteiger partial charge >= 0.3 is 0 Å². The van der Waals surface area contributed by atoms with Crippen LogP contribution in [-0.4, -0.2) is 18.9 Å². The minimum absolute atomic E-state index is 0.359. The first-order chi connectivity index (χ1) is 12.3. The van der Waals surface area contributed by atoms with Gasteiger partial charge in [0.05, 0.1) is 12.8 Å². The van der Waals surface area contributed by atoms with Crippen LogP contribution in [0.25, 0.3) is 0 Å². The normalized spacial score (nSPS) is 11.0. The van der Waals surface area contributed by atoms with Crippen LogP contribution in [0.2, 0.25) is 0 Å². The highest BCUT2D eigenvalue weighted by atomic mass is 16.5. The molecule has 0 aromatic heterocycles. The standard InChI is InChI=1S/C21H26N2O3/c1-6-15-9-7-8-10-16(15)22-19(24)21(3,4)20(25)23-17-13-14(2)11-12-18(17)26-5/h7-13H,6H2,1-5H3,(H,22,24)(H,23,25). The number of aryl methyl sites for hydroxylation is 2. The van der Waals surface area contributed by atoms with Crippen LogP contribution in [0.15, 0.2) is 42.5 Å². The van der Waals surface area contributed by atoms with Crippen molar-refractivity contribution in [3.05, 3.63) is 53.6 Å². The molecule has 2 rings (SSSR count). The minimum atomic E-state index is -1.25. The second-order valence-electron chi connectivity index (χ2n) is 6.75. The Morgan fingerprint density at radius 3 is 2.23 bits per heavy atom. The molecule has 26 heavy (non-hydrogen) atoms. The molecule has 0 aliphatic heterocycles. The van der Waals surface area contributed by atoms with Gasteiger partial charge in [0.2, 0.25) is 11.8 Å². The third-order valence-electron chi connectivity index (χ3n) is 4.38. The third kappa shape index (κ3) is 4.23.